The Bertz CT molecular complexity index is 472. The van der Waals surface area contributed by atoms with Gasteiger partial charge in [0.2, 0.25) is 5.95 Å². The molecule has 0 saturated heterocycles. The molecule has 2 rings (SSSR count). The first-order chi connectivity index (χ1) is 7.31. The zero-order chi connectivity index (χ0) is 10.7. The highest BCUT2D eigenvalue weighted by Crippen LogP contribution is 2.20. The Hall–Kier alpha value is -2.01. The molecule has 0 aliphatic rings. The summed E-state index contributed by atoms with van der Waals surface area (Å²) in [6.45, 7) is 0. The SMILES string of the molecule is NNc1nccc(-c2ccccc2F)n1. The highest BCUT2D eigenvalue weighted by atomic mass is 19.1. The van der Waals surface area contributed by atoms with Gasteiger partial charge in [0.1, 0.15) is 5.82 Å². The molecule has 0 aliphatic heterocycles. The molecule has 3 N–H and O–H groups in total. The molecule has 0 spiro atoms. The highest BCUT2D eigenvalue weighted by molar-refractivity contribution is 5.60. The van der Waals surface area contributed by atoms with Crippen LogP contribution in [0.3, 0.4) is 0 Å². The van der Waals surface area contributed by atoms with E-state index in [0.717, 1.165) is 0 Å². The molecule has 0 saturated carbocycles. The van der Waals surface area contributed by atoms with Gasteiger partial charge in [-0.3, -0.25) is 5.43 Å². The lowest BCUT2D eigenvalue weighted by atomic mass is 10.1. The van der Waals surface area contributed by atoms with Crippen LogP contribution in [0, 0.1) is 5.82 Å². The van der Waals surface area contributed by atoms with Gasteiger partial charge in [-0.05, 0) is 18.2 Å². The van der Waals surface area contributed by atoms with Crippen LogP contribution in [0.2, 0.25) is 0 Å². The van der Waals surface area contributed by atoms with Gasteiger partial charge in [0, 0.05) is 11.8 Å². The van der Waals surface area contributed by atoms with Gasteiger partial charge < -0.3 is 0 Å². The molecule has 0 fully saturated rings. The molecule has 5 heteroatoms. The first-order valence-corrected chi connectivity index (χ1v) is 4.36. The lowest BCUT2D eigenvalue weighted by Gasteiger charge is -2.03. The van der Waals surface area contributed by atoms with E-state index in [4.69, 9.17) is 5.84 Å². The normalized spacial score (nSPS) is 10.0. The zero-order valence-corrected chi connectivity index (χ0v) is 7.81. The van der Waals surface area contributed by atoms with Crippen molar-refractivity contribution in [3.63, 3.8) is 0 Å². The number of nitrogens with one attached hydrogen (secondary N) is 1. The Morgan fingerprint density at radius 1 is 1.20 bits per heavy atom. The van der Waals surface area contributed by atoms with Crippen molar-refractivity contribution in [2.24, 2.45) is 5.84 Å². The number of hydrogen-bond acceptors (Lipinski definition) is 4. The lowest BCUT2D eigenvalue weighted by Crippen LogP contribution is -2.10. The summed E-state index contributed by atoms with van der Waals surface area (Å²) in [5.41, 5.74) is 3.24. The van der Waals surface area contributed by atoms with Crippen LogP contribution in [-0.4, -0.2) is 9.97 Å². The quantitative estimate of drug-likeness (QED) is 0.575. The minimum absolute atomic E-state index is 0.260. The van der Waals surface area contributed by atoms with Crippen LogP contribution in [0.1, 0.15) is 0 Å². The summed E-state index contributed by atoms with van der Waals surface area (Å²) in [6, 6.07) is 8.03. The fourth-order valence-electron chi connectivity index (χ4n) is 1.25. The topological polar surface area (TPSA) is 63.8 Å². The van der Waals surface area contributed by atoms with Crippen LogP contribution in [-0.2, 0) is 0 Å². The molecule has 15 heavy (non-hydrogen) atoms. The fourth-order valence-corrected chi connectivity index (χ4v) is 1.25. The van der Waals surface area contributed by atoms with Crippen molar-refractivity contribution in [3.8, 4) is 11.3 Å². The van der Waals surface area contributed by atoms with E-state index < -0.39 is 0 Å². The van der Waals surface area contributed by atoms with Crippen molar-refractivity contribution in [1.82, 2.24) is 9.97 Å². The van der Waals surface area contributed by atoms with Gasteiger partial charge in [0.15, 0.2) is 0 Å². The summed E-state index contributed by atoms with van der Waals surface area (Å²) in [5.74, 6) is 5.11. The summed E-state index contributed by atoms with van der Waals surface area (Å²) in [5, 5.41) is 0. The summed E-state index contributed by atoms with van der Waals surface area (Å²) in [7, 11) is 0. The molecule has 1 heterocycles. The van der Waals surface area contributed by atoms with Crippen molar-refractivity contribution < 1.29 is 4.39 Å². The van der Waals surface area contributed by atoms with Crippen LogP contribution in [0.5, 0.6) is 0 Å². The number of aromatic nitrogens is 2. The molecular formula is C10H9FN4. The Morgan fingerprint density at radius 2 is 2.00 bits per heavy atom. The summed E-state index contributed by atoms with van der Waals surface area (Å²) >= 11 is 0. The molecule has 0 bridgehead atoms. The molecule has 0 amide bonds. The van der Waals surface area contributed by atoms with E-state index in [1.165, 1.54) is 12.3 Å². The molecule has 0 aliphatic carbocycles. The zero-order valence-electron chi connectivity index (χ0n) is 7.81. The van der Waals surface area contributed by atoms with E-state index in [1.807, 2.05) is 0 Å². The van der Waals surface area contributed by atoms with Crippen LogP contribution >= 0.6 is 0 Å². The number of benzene rings is 1. The fraction of sp³-hybridized carbons (Fsp3) is 0. The Balaban J connectivity index is 2.49. The standard InChI is InChI=1S/C10H9FN4/c11-8-4-2-1-3-7(8)9-5-6-13-10(14-9)15-12/h1-6H,12H2,(H,13,14,15). The maximum Gasteiger partial charge on any atom is 0.237 e. The number of hydrazine groups is 1. The monoisotopic (exact) mass is 204 g/mol. The number of anilines is 1. The molecule has 1 aromatic heterocycles. The molecule has 76 valence electrons. The smallest absolute Gasteiger partial charge is 0.237 e. The summed E-state index contributed by atoms with van der Waals surface area (Å²) in [4.78, 5) is 7.88. The third-order valence-electron chi connectivity index (χ3n) is 1.93. The van der Waals surface area contributed by atoms with Crippen molar-refractivity contribution in [2.75, 3.05) is 5.43 Å². The van der Waals surface area contributed by atoms with E-state index in [1.54, 1.807) is 24.3 Å². The number of hydrogen-bond donors (Lipinski definition) is 2. The maximum absolute atomic E-state index is 13.4. The lowest BCUT2D eigenvalue weighted by molar-refractivity contribution is 0.630. The van der Waals surface area contributed by atoms with E-state index in [2.05, 4.69) is 15.4 Å². The molecule has 1 aromatic carbocycles. The number of halogens is 1. The predicted molar refractivity (Wildman–Crippen MR) is 55.2 cm³/mol. The van der Waals surface area contributed by atoms with E-state index in [0.29, 0.717) is 11.3 Å². The summed E-state index contributed by atoms with van der Waals surface area (Å²) < 4.78 is 13.4. The third-order valence-corrected chi connectivity index (χ3v) is 1.93. The Labute approximate surface area is 86.0 Å². The van der Waals surface area contributed by atoms with E-state index in [9.17, 15) is 4.39 Å². The molecule has 2 aromatic rings. The van der Waals surface area contributed by atoms with Gasteiger partial charge in [0.05, 0.1) is 5.69 Å². The molecule has 4 nitrogen and oxygen atoms in total. The van der Waals surface area contributed by atoms with Crippen molar-refractivity contribution >= 4 is 5.95 Å². The second-order valence-corrected chi connectivity index (χ2v) is 2.89. The molecule has 0 unspecified atom stereocenters. The van der Waals surface area contributed by atoms with Gasteiger partial charge >= 0.3 is 0 Å². The third kappa shape index (κ3) is 1.92. The highest BCUT2D eigenvalue weighted by Gasteiger charge is 2.05. The Morgan fingerprint density at radius 3 is 2.73 bits per heavy atom. The first-order valence-electron chi connectivity index (χ1n) is 4.36. The first kappa shape index (κ1) is 9.54. The van der Waals surface area contributed by atoms with Crippen molar-refractivity contribution in [2.45, 2.75) is 0 Å². The second kappa shape index (κ2) is 4.02. The average molecular weight is 204 g/mol. The second-order valence-electron chi connectivity index (χ2n) is 2.89. The Kier molecular flexibility index (Phi) is 2.55. The van der Waals surface area contributed by atoms with Crippen LogP contribution in [0.25, 0.3) is 11.3 Å². The minimum atomic E-state index is -0.320. The maximum atomic E-state index is 13.4. The number of nitrogen functional groups attached to an aromatic ring is 1. The van der Waals surface area contributed by atoms with E-state index in [-0.39, 0.29) is 11.8 Å². The number of nitrogens with two attached hydrogens (primary N) is 1. The van der Waals surface area contributed by atoms with Gasteiger partial charge in [0.25, 0.3) is 0 Å². The van der Waals surface area contributed by atoms with Crippen molar-refractivity contribution in [3.05, 3.63) is 42.3 Å². The minimum Gasteiger partial charge on any atom is -0.292 e. The van der Waals surface area contributed by atoms with Gasteiger partial charge in [-0.1, -0.05) is 12.1 Å². The van der Waals surface area contributed by atoms with Crippen LogP contribution < -0.4 is 11.3 Å². The number of rotatable bonds is 2. The van der Waals surface area contributed by atoms with Gasteiger partial charge in [-0.15, -0.1) is 0 Å². The average Bonchev–Trinajstić information content (AvgIpc) is 2.30. The van der Waals surface area contributed by atoms with Crippen LogP contribution in [0.15, 0.2) is 36.5 Å². The predicted octanol–water partition coefficient (Wildman–Crippen LogP) is 1.57. The van der Waals surface area contributed by atoms with E-state index >= 15 is 0 Å². The summed E-state index contributed by atoms with van der Waals surface area (Å²) in [6.07, 6.45) is 1.52. The largest absolute Gasteiger partial charge is 0.292 e. The number of nitrogens with zero attached hydrogens (tertiary/aromatic N) is 2. The van der Waals surface area contributed by atoms with Gasteiger partial charge in [-0.2, -0.15) is 0 Å². The van der Waals surface area contributed by atoms with Crippen LogP contribution in [0.4, 0.5) is 10.3 Å². The van der Waals surface area contributed by atoms with Gasteiger partial charge in [-0.25, -0.2) is 20.2 Å². The molecular weight excluding hydrogens is 195 g/mol. The molecule has 0 radical (unpaired) electrons. The van der Waals surface area contributed by atoms with Crippen molar-refractivity contribution in [1.29, 1.82) is 0 Å². The molecule has 0 atom stereocenters.